The summed E-state index contributed by atoms with van der Waals surface area (Å²) >= 11 is 7.45. The zero-order valence-electron chi connectivity index (χ0n) is 14.2. The second-order valence-corrected chi connectivity index (χ2v) is 7.06. The lowest BCUT2D eigenvalue weighted by molar-refractivity contribution is -0.118. The molecule has 3 rings (SSSR count). The van der Waals surface area contributed by atoms with Crippen LogP contribution in [0, 0.1) is 0 Å². The summed E-state index contributed by atoms with van der Waals surface area (Å²) in [6.07, 6.45) is 0.211. The highest BCUT2D eigenvalue weighted by Crippen LogP contribution is 2.30. The van der Waals surface area contributed by atoms with Crippen LogP contribution in [0.15, 0.2) is 48.5 Å². The van der Waals surface area contributed by atoms with E-state index in [1.54, 1.807) is 35.2 Å². The van der Waals surface area contributed by atoms with E-state index in [0.29, 0.717) is 22.3 Å². The molecule has 0 aliphatic heterocycles. The molecule has 0 saturated carbocycles. The number of nitrogens with one attached hydrogen (secondary N) is 1. The summed E-state index contributed by atoms with van der Waals surface area (Å²) in [6, 6.07) is 14.4. The van der Waals surface area contributed by atoms with Gasteiger partial charge in [0, 0.05) is 30.1 Å². The smallest absolute Gasteiger partial charge is 0.251 e. The van der Waals surface area contributed by atoms with Gasteiger partial charge in [0.25, 0.3) is 5.91 Å². The van der Waals surface area contributed by atoms with Crippen molar-refractivity contribution in [3.63, 3.8) is 0 Å². The van der Waals surface area contributed by atoms with Gasteiger partial charge in [-0.05, 0) is 37.3 Å². The summed E-state index contributed by atoms with van der Waals surface area (Å²) in [5.41, 5.74) is 1.36. The molecule has 0 radical (unpaired) electrons. The molecule has 0 unspecified atom stereocenters. The van der Waals surface area contributed by atoms with E-state index < -0.39 is 0 Å². The molecule has 2 amide bonds. The average Bonchev–Trinajstić information content (AvgIpc) is 3.05. The van der Waals surface area contributed by atoms with Crippen LogP contribution in [-0.4, -0.2) is 29.9 Å². The van der Waals surface area contributed by atoms with E-state index >= 15 is 0 Å². The van der Waals surface area contributed by atoms with Crippen LogP contribution in [0.2, 0.25) is 5.02 Å². The number of benzene rings is 2. The monoisotopic (exact) mass is 387 g/mol. The number of carbonyl (C=O) groups excluding carboxylic acids is 2. The van der Waals surface area contributed by atoms with Gasteiger partial charge in [0.05, 0.1) is 10.2 Å². The first-order chi connectivity index (χ1) is 12.6. The van der Waals surface area contributed by atoms with E-state index in [9.17, 15) is 9.59 Å². The molecule has 1 N–H and O–H groups in total. The first-order valence-corrected chi connectivity index (χ1v) is 9.47. The first-order valence-electron chi connectivity index (χ1n) is 8.28. The number of fused-ring (bicyclic) bond motifs is 1. The molecular formula is C19H18ClN3O2S. The minimum Gasteiger partial charge on any atom is -0.352 e. The van der Waals surface area contributed by atoms with E-state index in [1.807, 2.05) is 25.1 Å². The fraction of sp³-hybridized carbons (Fsp3) is 0.211. The van der Waals surface area contributed by atoms with E-state index in [-0.39, 0.29) is 24.8 Å². The summed E-state index contributed by atoms with van der Waals surface area (Å²) in [5, 5.41) is 4.03. The SMILES string of the molecule is CCN(C(=O)CCNC(=O)c1ccccc1)c1nc2cc(Cl)ccc2s1. The molecule has 5 nitrogen and oxygen atoms in total. The Morgan fingerprint density at radius 2 is 1.96 bits per heavy atom. The quantitative estimate of drug-likeness (QED) is 0.691. The Hall–Kier alpha value is -2.44. The van der Waals surface area contributed by atoms with Gasteiger partial charge in [-0.1, -0.05) is 41.1 Å². The number of carbonyl (C=O) groups is 2. The number of rotatable bonds is 6. The maximum Gasteiger partial charge on any atom is 0.251 e. The van der Waals surface area contributed by atoms with Gasteiger partial charge in [-0.15, -0.1) is 0 Å². The molecule has 0 aliphatic carbocycles. The summed E-state index contributed by atoms with van der Waals surface area (Å²) in [7, 11) is 0. The zero-order chi connectivity index (χ0) is 18.5. The minimum absolute atomic E-state index is 0.0778. The summed E-state index contributed by atoms with van der Waals surface area (Å²) < 4.78 is 0.980. The fourth-order valence-corrected chi connectivity index (χ4v) is 3.73. The number of hydrogen-bond donors (Lipinski definition) is 1. The molecule has 26 heavy (non-hydrogen) atoms. The van der Waals surface area contributed by atoms with Gasteiger partial charge in [-0.3, -0.25) is 14.5 Å². The highest BCUT2D eigenvalue weighted by Gasteiger charge is 2.18. The van der Waals surface area contributed by atoms with Crippen molar-refractivity contribution in [2.75, 3.05) is 18.0 Å². The Morgan fingerprint density at radius 1 is 1.19 bits per heavy atom. The fourth-order valence-electron chi connectivity index (χ4n) is 2.53. The number of amides is 2. The van der Waals surface area contributed by atoms with Gasteiger partial charge in [-0.25, -0.2) is 4.98 Å². The molecular weight excluding hydrogens is 370 g/mol. The third-order valence-electron chi connectivity index (χ3n) is 3.85. The summed E-state index contributed by atoms with van der Waals surface area (Å²) in [4.78, 5) is 30.7. The maximum atomic E-state index is 12.6. The Balaban J connectivity index is 1.62. The van der Waals surface area contributed by atoms with Crippen LogP contribution in [0.3, 0.4) is 0 Å². The van der Waals surface area contributed by atoms with Gasteiger partial charge < -0.3 is 5.32 Å². The molecule has 3 aromatic rings. The number of hydrogen-bond acceptors (Lipinski definition) is 4. The Labute approximate surface area is 160 Å². The minimum atomic E-state index is -0.184. The molecule has 134 valence electrons. The zero-order valence-corrected chi connectivity index (χ0v) is 15.8. The molecule has 0 saturated heterocycles. The Morgan fingerprint density at radius 3 is 2.69 bits per heavy atom. The van der Waals surface area contributed by atoms with Crippen LogP contribution in [0.4, 0.5) is 5.13 Å². The van der Waals surface area contributed by atoms with Gasteiger partial charge in [0.15, 0.2) is 5.13 Å². The number of halogens is 1. The van der Waals surface area contributed by atoms with E-state index in [1.165, 1.54) is 11.3 Å². The van der Waals surface area contributed by atoms with Crippen LogP contribution < -0.4 is 10.2 Å². The predicted molar refractivity (Wildman–Crippen MR) is 106 cm³/mol. The van der Waals surface area contributed by atoms with Gasteiger partial charge in [-0.2, -0.15) is 0 Å². The predicted octanol–water partition coefficient (Wildman–Crippen LogP) is 4.12. The number of aromatic nitrogens is 1. The van der Waals surface area contributed by atoms with E-state index in [2.05, 4.69) is 10.3 Å². The molecule has 0 atom stereocenters. The van der Waals surface area contributed by atoms with Crippen molar-refractivity contribution >= 4 is 50.1 Å². The van der Waals surface area contributed by atoms with Crippen molar-refractivity contribution in [2.24, 2.45) is 0 Å². The number of anilines is 1. The standard InChI is InChI=1S/C19H18ClN3O2S/c1-2-23(19-22-15-12-14(20)8-9-16(15)26-19)17(24)10-11-21-18(25)13-6-4-3-5-7-13/h3-9,12H,2,10-11H2,1H3,(H,21,25). The molecule has 0 spiro atoms. The normalized spacial score (nSPS) is 10.7. The highest BCUT2D eigenvalue weighted by atomic mass is 35.5. The molecule has 0 bridgehead atoms. The number of thiazole rings is 1. The molecule has 0 fully saturated rings. The molecule has 1 heterocycles. The van der Waals surface area contributed by atoms with Crippen molar-refractivity contribution < 1.29 is 9.59 Å². The molecule has 0 aliphatic rings. The molecule has 7 heteroatoms. The molecule has 1 aromatic heterocycles. The highest BCUT2D eigenvalue weighted by molar-refractivity contribution is 7.22. The van der Waals surface area contributed by atoms with E-state index in [4.69, 9.17) is 11.6 Å². The second kappa shape index (κ2) is 8.29. The van der Waals surface area contributed by atoms with Gasteiger partial charge in [0.2, 0.25) is 5.91 Å². The largest absolute Gasteiger partial charge is 0.352 e. The second-order valence-electron chi connectivity index (χ2n) is 5.62. The van der Waals surface area contributed by atoms with Crippen molar-refractivity contribution in [2.45, 2.75) is 13.3 Å². The van der Waals surface area contributed by atoms with Crippen LogP contribution in [0.1, 0.15) is 23.7 Å². The van der Waals surface area contributed by atoms with Crippen molar-refractivity contribution in [1.82, 2.24) is 10.3 Å². The van der Waals surface area contributed by atoms with Crippen molar-refractivity contribution in [3.8, 4) is 0 Å². The third kappa shape index (κ3) is 4.20. The number of nitrogens with zero attached hydrogens (tertiary/aromatic N) is 2. The van der Waals surface area contributed by atoms with Crippen molar-refractivity contribution in [3.05, 3.63) is 59.1 Å². The lowest BCUT2D eigenvalue weighted by atomic mass is 10.2. The van der Waals surface area contributed by atoms with Crippen LogP contribution in [-0.2, 0) is 4.79 Å². The lowest BCUT2D eigenvalue weighted by Crippen LogP contribution is -2.34. The van der Waals surface area contributed by atoms with Crippen LogP contribution >= 0.6 is 22.9 Å². The third-order valence-corrected chi connectivity index (χ3v) is 5.14. The van der Waals surface area contributed by atoms with Crippen LogP contribution in [0.25, 0.3) is 10.2 Å². The Bertz CT molecular complexity index is 927. The van der Waals surface area contributed by atoms with E-state index in [0.717, 1.165) is 10.2 Å². The Kier molecular flexibility index (Phi) is 5.85. The first kappa shape index (κ1) is 18.4. The average molecular weight is 388 g/mol. The van der Waals surface area contributed by atoms with Crippen LogP contribution in [0.5, 0.6) is 0 Å². The maximum absolute atomic E-state index is 12.6. The lowest BCUT2D eigenvalue weighted by Gasteiger charge is -2.17. The van der Waals surface area contributed by atoms with Crippen molar-refractivity contribution in [1.29, 1.82) is 0 Å². The van der Waals surface area contributed by atoms with Gasteiger partial charge >= 0.3 is 0 Å². The summed E-state index contributed by atoms with van der Waals surface area (Å²) in [6.45, 7) is 2.69. The topological polar surface area (TPSA) is 62.3 Å². The summed E-state index contributed by atoms with van der Waals surface area (Å²) in [5.74, 6) is -0.262. The molecule has 2 aromatic carbocycles. The van der Waals surface area contributed by atoms with Gasteiger partial charge in [0.1, 0.15) is 0 Å².